The van der Waals surface area contributed by atoms with Crippen LogP contribution in [0.2, 0.25) is 0 Å². The number of carboxylic acids is 1. The average Bonchev–Trinajstić information content (AvgIpc) is 3.06. The minimum atomic E-state index is -0.859. The van der Waals surface area contributed by atoms with Gasteiger partial charge in [-0.15, -0.1) is 17.5 Å². The Morgan fingerprint density at radius 1 is 1.46 bits per heavy atom. The number of aromatic nitrogens is 3. The van der Waals surface area contributed by atoms with Crippen molar-refractivity contribution in [1.29, 1.82) is 0 Å². The fraction of sp³-hybridized carbons (Fsp3) is 0.600. The molecule has 1 fully saturated rings. The number of aliphatic carboxylic acids is 1. The number of allylic oxidation sites excluding steroid dienone is 1. The summed E-state index contributed by atoms with van der Waals surface area (Å²) in [6.07, 6.45) is 3.76. The van der Waals surface area contributed by atoms with Crippen molar-refractivity contribution in [1.82, 2.24) is 25.6 Å². The molecule has 1 aromatic heterocycles. The molecule has 1 aliphatic rings. The lowest BCUT2D eigenvalue weighted by Gasteiger charge is -2.23. The molecular weight excluding hydrogens is 334 g/mol. The summed E-state index contributed by atoms with van der Waals surface area (Å²) in [5.41, 5.74) is 0.880. The molecule has 1 aliphatic heterocycles. The normalized spacial score (nSPS) is 20.2. The third-order valence-electron chi connectivity index (χ3n) is 3.79. The van der Waals surface area contributed by atoms with Gasteiger partial charge in [-0.05, 0) is 34.1 Å². The van der Waals surface area contributed by atoms with Gasteiger partial charge in [-0.25, -0.2) is 4.68 Å². The predicted molar refractivity (Wildman–Crippen MR) is 91.0 cm³/mol. The monoisotopic (exact) mass is 357 g/mol. The van der Waals surface area contributed by atoms with Crippen LogP contribution in [0.5, 0.6) is 0 Å². The molecule has 24 heavy (non-hydrogen) atoms. The summed E-state index contributed by atoms with van der Waals surface area (Å²) in [5.74, 6) is -1.04. The van der Waals surface area contributed by atoms with Crippen LogP contribution in [0, 0.1) is 0 Å². The van der Waals surface area contributed by atoms with Gasteiger partial charge < -0.3 is 15.7 Å². The molecule has 9 heteroatoms. The Kier molecular flexibility index (Phi) is 6.50. The molecule has 0 bridgehead atoms. The fourth-order valence-electron chi connectivity index (χ4n) is 2.52. The number of halogens is 1. The predicted octanol–water partition coefficient (Wildman–Crippen LogP) is 1.00. The number of hydrogen-bond acceptors (Lipinski definition) is 5. The summed E-state index contributed by atoms with van der Waals surface area (Å²) in [7, 11) is 0. The second-order valence-electron chi connectivity index (χ2n) is 6.61. The highest BCUT2D eigenvalue weighted by molar-refractivity contribution is 5.88. The minimum absolute atomic E-state index is 0. The molecule has 8 nitrogen and oxygen atoms in total. The lowest BCUT2D eigenvalue weighted by atomic mass is 10.0. The van der Waals surface area contributed by atoms with Crippen molar-refractivity contribution < 1.29 is 14.7 Å². The van der Waals surface area contributed by atoms with Gasteiger partial charge in [0.2, 0.25) is 5.91 Å². The zero-order chi connectivity index (χ0) is 17.2. The van der Waals surface area contributed by atoms with Gasteiger partial charge in [0.25, 0.3) is 0 Å². The van der Waals surface area contributed by atoms with E-state index in [1.54, 1.807) is 10.9 Å². The maximum atomic E-state index is 11.9. The summed E-state index contributed by atoms with van der Waals surface area (Å²) < 4.78 is 1.67. The Morgan fingerprint density at radius 2 is 2.12 bits per heavy atom. The fourth-order valence-corrected chi connectivity index (χ4v) is 2.52. The number of carbonyl (C=O) groups excluding carboxylic acids is 1. The highest BCUT2D eigenvalue weighted by atomic mass is 35.5. The van der Waals surface area contributed by atoms with Crippen molar-refractivity contribution in [2.24, 2.45) is 0 Å². The average molecular weight is 358 g/mol. The van der Waals surface area contributed by atoms with Crippen LogP contribution >= 0.6 is 12.4 Å². The van der Waals surface area contributed by atoms with Gasteiger partial charge in [0.1, 0.15) is 11.7 Å². The second-order valence-corrected chi connectivity index (χ2v) is 6.61. The Bertz CT molecular complexity index is 637. The van der Waals surface area contributed by atoms with E-state index >= 15 is 0 Å². The largest absolute Gasteiger partial charge is 0.480 e. The standard InChI is InChI=1S/C15H23N5O3.ClH/c1-9(2)5-13(21)17-15(3,4)12-8-20(19-18-12)10-6-11(14(22)23)16-7-10;/h5,8,10-11,16H,6-7H2,1-4H3,(H,17,21)(H,22,23);1H/t10-,11-;/m0./s1. The first kappa shape index (κ1) is 20.1. The van der Waals surface area contributed by atoms with E-state index in [9.17, 15) is 9.59 Å². The quantitative estimate of drug-likeness (QED) is 0.678. The molecule has 2 heterocycles. The van der Waals surface area contributed by atoms with Gasteiger partial charge in [0.05, 0.1) is 17.8 Å². The number of nitrogens with one attached hydrogen (secondary N) is 2. The second kappa shape index (κ2) is 7.76. The molecule has 2 atom stereocenters. The molecule has 0 saturated carbocycles. The minimum Gasteiger partial charge on any atom is -0.480 e. The summed E-state index contributed by atoms with van der Waals surface area (Å²) in [6, 6.07) is -0.611. The van der Waals surface area contributed by atoms with Crippen molar-refractivity contribution in [2.45, 2.75) is 51.7 Å². The number of carboxylic acid groups (broad SMARTS) is 1. The van der Waals surface area contributed by atoms with E-state index in [-0.39, 0.29) is 24.4 Å². The molecular formula is C15H24ClN5O3. The van der Waals surface area contributed by atoms with Crippen LogP contribution in [0.1, 0.15) is 45.9 Å². The van der Waals surface area contributed by atoms with Crippen LogP contribution in [0.3, 0.4) is 0 Å². The van der Waals surface area contributed by atoms with Crippen LogP contribution in [0.4, 0.5) is 0 Å². The molecule has 0 spiro atoms. The highest BCUT2D eigenvalue weighted by Crippen LogP contribution is 2.22. The van der Waals surface area contributed by atoms with E-state index in [0.717, 1.165) is 5.57 Å². The van der Waals surface area contributed by atoms with E-state index in [2.05, 4.69) is 20.9 Å². The van der Waals surface area contributed by atoms with Crippen molar-refractivity contribution in [2.75, 3.05) is 6.54 Å². The molecule has 0 radical (unpaired) electrons. The maximum Gasteiger partial charge on any atom is 0.320 e. The van der Waals surface area contributed by atoms with Gasteiger partial charge in [-0.3, -0.25) is 9.59 Å². The molecule has 1 saturated heterocycles. The van der Waals surface area contributed by atoms with Gasteiger partial charge in [-0.1, -0.05) is 10.8 Å². The first-order chi connectivity index (χ1) is 10.7. The van der Waals surface area contributed by atoms with E-state index in [4.69, 9.17) is 5.11 Å². The number of carbonyl (C=O) groups is 2. The Hall–Kier alpha value is -1.93. The molecule has 3 N–H and O–H groups in total. The Labute approximate surface area is 147 Å². The first-order valence-corrected chi connectivity index (χ1v) is 7.54. The number of amides is 1. The third kappa shape index (κ3) is 4.78. The summed E-state index contributed by atoms with van der Waals surface area (Å²) in [6.45, 7) is 7.95. The Morgan fingerprint density at radius 3 is 2.67 bits per heavy atom. The van der Waals surface area contributed by atoms with Crippen molar-refractivity contribution >= 4 is 24.3 Å². The summed E-state index contributed by atoms with van der Waals surface area (Å²) >= 11 is 0. The van der Waals surface area contributed by atoms with E-state index < -0.39 is 17.6 Å². The smallest absolute Gasteiger partial charge is 0.320 e. The number of nitrogens with zero attached hydrogens (tertiary/aromatic N) is 3. The maximum absolute atomic E-state index is 11.9. The molecule has 0 aromatic carbocycles. The van der Waals surface area contributed by atoms with Crippen LogP contribution in [0.25, 0.3) is 0 Å². The zero-order valence-electron chi connectivity index (χ0n) is 14.2. The lowest BCUT2D eigenvalue weighted by molar-refractivity contribution is -0.139. The lowest BCUT2D eigenvalue weighted by Crippen LogP contribution is -2.40. The van der Waals surface area contributed by atoms with Crippen molar-refractivity contribution in [3.05, 3.63) is 23.5 Å². The summed E-state index contributed by atoms with van der Waals surface area (Å²) in [4.78, 5) is 22.9. The van der Waals surface area contributed by atoms with E-state index in [0.29, 0.717) is 18.7 Å². The van der Waals surface area contributed by atoms with Gasteiger partial charge in [-0.2, -0.15) is 0 Å². The van der Waals surface area contributed by atoms with Gasteiger partial charge in [0, 0.05) is 12.6 Å². The molecule has 0 unspecified atom stereocenters. The van der Waals surface area contributed by atoms with Gasteiger partial charge >= 0.3 is 5.97 Å². The van der Waals surface area contributed by atoms with E-state index in [1.807, 2.05) is 27.7 Å². The highest BCUT2D eigenvalue weighted by Gasteiger charge is 2.32. The number of hydrogen-bond donors (Lipinski definition) is 3. The van der Waals surface area contributed by atoms with Crippen molar-refractivity contribution in [3.8, 4) is 0 Å². The topological polar surface area (TPSA) is 109 Å². The van der Waals surface area contributed by atoms with Crippen LogP contribution in [-0.2, 0) is 15.1 Å². The van der Waals surface area contributed by atoms with Crippen LogP contribution in [0.15, 0.2) is 17.8 Å². The molecule has 134 valence electrons. The first-order valence-electron chi connectivity index (χ1n) is 7.54. The molecule has 1 amide bonds. The third-order valence-corrected chi connectivity index (χ3v) is 3.79. The Balaban J connectivity index is 0.00000288. The van der Waals surface area contributed by atoms with Crippen LogP contribution in [-0.4, -0.2) is 44.6 Å². The summed E-state index contributed by atoms with van der Waals surface area (Å²) in [5, 5.41) is 23.1. The molecule has 2 rings (SSSR count). The molecule has 0 aliphatic carbocycles. The molecule has 1 aromatic rings. The van der Waals surface area contributed by atoms with Crippen molar-refractivity contribution in [3.63, 3.8) is 0 Å². The number of rotatable bonds is 5. The van der Waals surface area contributed by atoms with E-state index in [1.165, 1.54) is 6.08 Å². The SMILES string of the molecule is CC(C)=CC(=O)NC(C)(C)c1cn([C@@H]2CN[C@H](C(=O)O)C2)nn1.Cl. The van der Waals surface area contributed by atoms with Gasteiger partial charge in [0.15, 0.2) is 0 Å². The van der Waals surface area contributed by atoms with Crippen LogP contribution < -0.4 is 10.6 Å². The zero-order valence-corrected chi connectivity index (χ0v) is 15.1.